The highest BCUT2D eigenvalue weighted by atomic mass is 35.5. The molecule has 1 aliphatic rings. The fourth-order valence-electron chi connectivity index (χ4n) is 2.18. The van der Waals surface area contributed by atoms with Crippen molar-refractivity contribution in [3.63, 3.8) is 0 Å². The number of thiazole rings is 1. The van der Waals surface area contributed by atoms with E-state index < -0.39 is 17.4 Å². The number of anilines is 1. The molecular formula is C15H14ClN3O3S. The number of fused-ring (bicyclic) bond motifs is 1. The smallest absolute Gasteiger partial charge is 0.278 e. The van der Waals surface area contributed by atoms with Crippen LogP contribution in [0.4, 0.5) is 5.69 Å². The van der Waals surface area contributed by atoms with Crippen LogP contribution in [0, 0.1) is 6.92 Å². The number of aryl methyl sites for hydroxylation is 1. The number of hydrogen-bond donors (Lipinski definition) is 2. The van der Waals surface area contributed by atoms with Gasteiger partial charge >= 0.3 is 0 Å². The molecular weight excluding hydrogens is 338 g/mol. The fourth-order valence-corrected chi connectivity index (χ4v) is 2.96. The minimum absolute atomic E-state index is 0.239. The maximum absolute atomic E-state index is 12.4. The lowest BCUT2D eigenvalue weighted by molar-refractivity contribution is -0.146. The van der Waals surface area contributed by atoms with E-state index in [9.17, 15) is 9.59 Å². The lowest BCUT2D eigenvalue weighted by atomic mass is 10.0. The molecule has 120 valence electrons. The molecule has 0 spiro atoms. The van der Waals surface area contributed by atoms with Gasteiger partial charge in [-0.05, 0) is 32.0 Å². The van der Waals surface area contributed by atoms with Crippen LogP contribution in [-0.4, -0.2) is 22.4 Å². The second kappa shape index (κ2) is 5.82. The summed E-state index contributed by atoms with van der Waals surface area (Å²) in [5.74, 6) is -0.670. The van der Waals surface area contributed by atoms with E-state index in [1.807, 2.05) is 12.3 Å². The average molecular weight is 352 g/mol. The molecule has 1 aromatic carbocycles. The van der Waals surface area contributed by atoms with Gasteiger partial charge in [-0.1, -0.05) is 11.6 Å². The van der Waals surface area contributed by atoms with Crippen molar-refractivity contribution in [2.75, 3.05) is 5.32 Å². The Morgan fingerprint density at radius 1 is 1.52 bits per heavy atom. The van der Waals surface area contributed by atoms with Gasteiger partial charge in [0.2, 0.25) is 0 Å². The molecule has 6 nitrogen and oxygen atoms in total. The first-order chi connectivity index (χ1) is 10.9. The summed E-state index contributed by atoms with van der Waals surface area (Å²) in [4.78, 5) is 29.0. The van der Waals surface area contributed by atoms with Gasteiger partial charge in [-0.25, -0.2) is 4.98 Å². The standard InChI is InChI=1S/C15H14ClN3O3S/c1-8-18-10(7-23-8)6-17-13(20)15(2)14(21)19-11-5-9(16)3-4-12(11)22-15/h3-5,7H,6H2,1-2H3,(H,17,20)(H,19,21). The summed E-state index contributed by atoms with van der Waals surface area (Å²) in [6, 6.07) is 4.82. The second-order valence-corrected chi connectivity index (χ2v) is 6.77. The number of rotatable bonds is 3. The van der Waals surface area contributed by atoms with Crippen molar-refractivity contribution in [1.29, 1.82) is 0 Å². The van der Waals surface area contributed by atoms with Crippen LogP contribution in [0.3, 0.4) is 0 Å². The quantitative estimate of drug-likeness (QED) is 0.833. The predicted octanol–water partition coefficient (Wildman–Crippen LogP) is 2.51. The van der Waals surface area contributed by atoms with Crippen molar-refractivity contribution in [2.24, 2.45) is 0 Å². The van der Waals surface area contributed by atoms with E-state index >= 15 is 0 Å². The van der Waals surface area contributed by atoms with Crippen LogP contribution in [-0.2, 0) is 16.1 Å². The molecule has 1 aromatic heterocycles. The third-order valence-electron chi connectivity index (χ3n) is 3.47. The van der Waals surface area contributed by atoms with Crippen molar-refractivity contribution < 1.29 is 14.3 Å². The van der Waals surface area contributed by atoms with E-state index in [2.05, 4.69) is 15.6 Å². The number of nitrogens with zero attached hydrogens (tertiary/aromatic N) is 1. The van der Waals surface area contributed by atoms with Crippen LogP contribution < -0.4 is 15.4 Å². The van der Waals surface area contributed by atoms with E-state index in [1.165, 1.54) is 18.3 Å². The van der Waals surface area contributed by atoms with Gasteiger partial charge in [0.25, 0.3) is 17.4 Å². The normalized spacial score (nSPS) is 19.5. The Morgan fingerprint density at radius 3 is 3.00 bits per heavy atom. The molecule has 23 heavy (non-hydrogen) atoms. The first kappa shape index (κ1) is 15.8. The molecule has 8 heteroatoms. The summed E-state index contributed by atoms with van der Waals surface area (Å²) in [6.45, 7) is 3.56. The Morgan fingerprint density at radius 2 is 2.30 bits per heavy atom. The van der Waals surface area contributed by atoms with Gasteiger partial charge in [-0.2, -0.15) is 0 Å². The Kier molecular flexibility index (Phi) is 3.99. The van der Waals surface area contributed by atoms with E-state index in [4.69, 9.17) is 16.3 Å². The second-order valence-electron chi connectivity index (χ2n) is 5.27. The predicted molar refractivity (Wildman–Crippen MR) is 87.8 cm³/mol. The van der Waals surface area contributed by atoms with Gasteiger partial charge in [-0.3, -0.25) is 9.59 Å². The highest BCUT2D eigenvalue weighted by Gasteiger charge is 2.47. The zero-order valence-corrected chi connectivity index (χ0v) is 14.0. The third-order valence-corrected chi connectivity index (χ3v) is 4.52. The number of amides is 2. The lowest BCUT2D eigenvalue weighted by Crippen LogP contribution is -2.58. The molecule has 0 bridgehead atoms. The number of ether oxygens (including phenoxy) is 1. The maximum atomic E-state index is 12.4. The minimum atomic E-state index is -1.65. The minimum Gasteiger partial charge on any atom is -0.466 e. The highest BCUT2D eigenvalue weighted by molar-refractivity contribution is 7.09. The van der Waals surface area contributed by atoms with Crippen molar-refractivity contribution in [1.82, 2.24) is 10.3 Å². The van der Waals surface area contributed by atoms with Crippen molar-refractivity contribution in [2.45, 2.75) is 26.0 Å². The van der Waals surface area contributed by atoms with Crippen LogP contribution in [0.25, 0.3) is 0 Å². The topological polar surface area (TPSA) is 80.3 Å². The largest absolute Gasteiger partial charge is 0.466 e. The Labute approximate surface area is 141 Å². The number of halogens is 1. The zero-order valence-electron chi connectivity index (χ0n) is 12.5. The van der Waals surface area contributed by atoms with Crippen molar-refractivity contribution in [3.8, 4) is 5.75 Å². The Balaban J connectivity index is 1.76. The Bertz CT molecular complexity index is 792. The van der Waals surface area contributed by atoms with Gasteiger partial charge in [0.15, 0.2) is 0 Å². The molecule has 0 saturated heterocycles. The van der Waals surface area contributed by atoms with Crippen LogP contribution in [0.5, 0.6) is 5.75 Å². The summed E-state index contributed by atoms with van der Waals surface area (Å²) >= 11 is 7.38. The van der Waals surface area contributed by atoms with Crippen LogP contribution in [0.15, 0.2) is 23.6 Å². The molecule has 1 unspecified atom stereocenters. The number of hydrogen-bond acceptors (Lipinski definition) is 5. The molecule has 2 aromatic rings. The molecule has 3 rings (SSSR count). The van der Waals surface area contributed by atoms with Gasteiger partial charge < -0.3 is 15.4 Å². The van der Waals surface area contributed by atoms with Gasteiger partial charge in [0.05, 0.1) is 22.9 Å². The summed E-state index contributed by atoms with van der Waals surface area (Å²) in [5.41, 5.74) is -0.456. The third kappa shape index (κ3) is 3.02. The van der Waals surface area contributed by atoms with Gasteiger partial charge in [0, 0.05) is 10.4 Å². The van der Waals surface area contributed by atoms with Crippen molar-refractivity contribution in [3.05, 3.63) is 39.3 Å². The van der Waals surface area contributed by atoms with Crippen LogP contribution in [0.1, 0.15) is 17.6 Å². The number of nitrogens with one attached hydrogen (secondary N) is 2. The fraction of sp³-hybridized carbons (Fsp3) is 0.267. The first-order valence-corrected chi connectivity index (χ1v) is 8.13. The maximum Gasteiger partial charge on any atom is 0.278 e. The number of benzene rings is 1. The van der Waals surface area contributed by atoms with E-state index in [0.29, 0.717) is 16.5 Å². The van der Waals surface area contributed by atoms with Crippen LogP contribution in [0.2, 0.25) is 5.02 Å². The van der Waals surface area contributed by atoms with E-state index in [0.717, 1.165) is 10.7 Å². The lowest BCUT2D eigenvalue weighted by Gasteiger charge is -2.33. The molecule has 0 aliphatic carbocycles. The molecule has 0 fully saturated rings. The molecule has 2 amide bonds. The van der Waals surface area contributed by atoms with Crippen LogP contribution >= 0.6 is 22.9 Å². The van der Waals surface area contributed by atoms with E-state index in [1.54, 1.807) is 18.2 Å². The Hall–Kier alpha value is -2.12. The molecule has 1 aliphatic heterocycles. The molecule has 2 N–H and O–H groups in total. The monoisotopic (exact) mass is 351 g/mol. The molecule has 0 saturated carbocycles. The molecule has 2 heterocycles. The summed E-state index contributed by atoms with van der Waals surface area (Å²) in [7, 11) is 0. The van der Waals surface area contributed by atoms with Gasteiger partial charge in [0.1, 0.15) is 5.75 Å². The zero-order chi connectivity index (χ0) is 16.6. The van der Waals surface area contributed by atoms with Gasteiger partial charge in [-0.15, -0.1) is 11.3 Å². The van der Waals surface area contributed by atoms with E-state index in [-0.39, 0.29) is 6.54 Å². The number of aromatic nitrogens is 1. The summed E-state index contributed by atoms with van der Waals surface area (Å²) < 4.78 is 5.64. The van der Waals surface area contributed by atoms with Crippen molar-refractivity contribution >= 4 is 40.4 Å². The molecule has 1 atom stereocenters. The number of carbonyl (C=O) groups is 2. The summed E-state index contributed by atoms with van der Waals surface area (Å²) in [6.07, 6.45) is 0. The highest BCUT2D eigenvalue weighted by Crippen LogP contribution is 2.35. The first-order valence-electron chi connectivity index (χ1n) is 6.88. The number of carbonyl (C=O) groups excluding carboxylic acids is 2. The summed E-state index contributed by atoms with van der Waals surface area (Å²) in [5, 5.41) is 8.58. The average Bonchev–Trinajstić information content (AvgIpc) is 2.92. The molecule has 0 radical (unpaired) electrons. The SMILES string of the molecule is Cc1nc(CNC(=O)C2(C)Oc3ccc(Cl)cc3NC2=O)cs1.